The fourth-order valence-corrected chi connectivity index (χ4v) is 6.13. The number of hydrogen-bond acceptors (Lipinski definition) is 7. The van der Waals surface area contributed by atoms with Crippen molar-refractivity contribution in [1.82, 2.24) is 0 Å². The summed E-state index contributed by atoms with van der Waals surface area (Å²) in [6.45, 7) is 3.71. The molecule has 3 aliphatic heterocycles. The van der Waals surface area contributed by atoms with E-state index in [1.807, 2.05) is 6.92 Å². The summed E-state index contributed by atoms with van der Waals surface area (Å²) >= 11 is 0. The Morgan fingerprint density at radius 1 is 1.22 bits per heavy atom. The first-order valence-corrected chi connectivity index (χ1v) is 9.25. The molecule has 2 bridgehead atoms. The highest BCUT2D eigenvalue weighted by Crippen LogP contribution is 2.67. The van der Waals surface area contributed by atoms with Gasteiger partial charge in [0, 0.05) is 16.9 Å². The average molecular weight is 374 g/mol. The third-order valence-corrected chi connectivity index (χ3v) is 7.62. The molecular weight excluding hydrogens is 352 g/mol. The molecule has 0 aromatic carbocycles. The maximum absolute atomic E-state index is 12.9. The Kier molecular flexibility index (Phi) is 3.17. The Hall–Kier alpha value is -2.12. The minimum atomic E-state index is -1.91. The van der Waals surface area contributed by atoms with Crippen LogP contribution in [0.4, 0.5) is 0 Å². The molecule has 2 aliphatic carbocycles. The minimum absolute atomic E-state index is 0.136. The van der Waals surface area contributed by atoms with Crippen LogP contribution in [0.3, 0.4) is 0 Å². The molecule has 6 rings (SSSR count). The minimum Gasteiger partial charge on any atom is -0.472 e. The number of cyclic esters (lactones) is 1. The molecule has 1 saturated carbocycles. The van der Waals surface area contributed by atoms with Gasteiger partial charge < -0.3 is 24.1 Å². The summed E-state index contributed by atoms with van der Waals surface area (Å²) in [6, 6.07) is 1.76. The normalized spacial score (nSPS) is 50.6. The molecule has 144 valence electrons. The molecule has 3 fully saturated rings. The number of hydrogen-bond donors (Lipinski definition) is 2. The smallest absolute Gasteiger partial charge is 0.343 e. The van der Waals surface area contributed by atoms with Crippen molar-refractivity contribution in [1.29, 1.82) is 0 Å². The fraction of sp³-hybridized carbons (Fsp3) is 0.600. The number of carbonyl (C=O) groups excluding carboxylic acids is 2. The third-order valence-electron chi connectivity index (χ3n) is 7.62. The summed E-state index contributed by atoms with van der Waals surface area (Å²) in [5.74, 6) is -2.07. The van der Waals surface area contributed by atoms with Crippen LogP contribution in [0.15, 0.2) is 35.2 Å². The highest BCUT2D eigenvalue weighted by molar-refractivity contribution is 5.86. The topological polar surface area (TPSA) is 106 Å². The van der Waals surface area contributed by atoms with E-state index in [0.717, 1.165) is 5.56 Å². The molecule has 2 saturated heterocycles. The van der Waals surface area contributed by atoms with Crippen molar-refractivity contribution in [3.8, 4) is 0 Å². The Balaban J connectivity index is 1.64. The van der Waals surface area contributed by atoms with Gasteiger partial charge in [-0.25, -0.2) is 4.79 Å². The molecule has 1 aromatic rings. The molecule has 8 atom stereocenters. The summed E-state index contributed by atoms with van der Waals surface area (Å²) in [5, 5.41) is 22.1. The fourth-order valence-electron chi connectivity index (χ4n) is 6.13. The van der Waals surface area contributed by atoms with Gasteiger partial charge in [0.2, 0.25) is 0 Å². The first kappa shape index (κ1) is 17.0. The second kappa shape index (κ2) is 5.02. The summed E-state index contributed by atoms with van der Waals surface area (Å²) in [6.07, 6.45) is 4.72. The van der Waals surface area contributed by atoms with Crippen molar-refractivity contribution in [3.05, 3.63) is 36.3 Å². The van der Waals surface area contributed by atoms with Crippen molar-refractivity contribution in [3.63, 3.8) is 0 Å². The van der Waals surface area contributed by atoms with Gasteiger partial charge in [-0.15, -0.1) is 0 Å². The molecule has 5 aliphatic rings. The zero-order chi connectivity index (χ0) is 19.2. The highest BCUT2D eigenvalue weighted by Gasteiger charge is 2.75. The lowest BCUT2D eigenvalue weighted by atomic mass is 9.41. The average Bonchev–Trinajstić information content (AvgIpc) is 3.14. The van der Waals surface area contributed by atoms with Crippen LogP contribution in [-0.2, 0) is 19.1 Å². The van der Waals surface area contributed by atoms with Crippen LogP contribution in [0.1, 0.15) is 38.4 Å². The summed E-state index contributed by atoms with van der Waals surface area (Å²) in [4.78, 5) is 25.3. The predicted octanol–water partition coefficient (Wildman–Crippen LogP) is 1.50. The first-order chi connectivity index (χ1) is 12.7. The number of furan rings is 1. The number of aliphatic hydroxyl groups excluding tert-OH is 1. The van der Waals surface area contributed by atoms with Crippen LogP contribution in [0, 0.1) is 22.7 Å². The number of fused-ring (bicyclic) bond motifs is 2. The van der Waals surface area contributed by atoms with E-state index >= 15 is 0 Å². The molecular formula is C20H22O7. The van der Waals surface area contributed by atoms with Crippen LogP contribution in [0.5, 0.6) is 0 Å². The van der Waals surface area contributed by atoms with Crippen LogP contribution >= 0.6 is 0 Å². The maximum Gasteiger partial charge on any atom is 0.343 e. The zero-order valence-corrected chi connectivity index (χ0v) is 15.1. The van der Waals surface area contributed by atoms with E-state index < -0.39 is 52.5 Å². The third kappa shape index (κ3) is 1.84. The van der Waals surface area contributed by atoms with Gasteiger partial charge in [0.1, 0.15) is 12.2 Å². The van der Waals surface area contributed by atoms with Crippen LogP contribution in [0.2, 0.25) is 0 Å². The van der Waals surface area contributed by atoms with E-state index in [4.69, 9.17) is 13.9 Å². The lowest BCUT2D eigenvalue weighted by molar-refractivity contribution is -0.284. The number of aliphatic hydroxyl groups is 2. The molecule has 7 nitrogen and oxygen atoms in total. The predicted molar refractivity (Wildman–Crippen MR) is 89.9 cm³/mol. The summed E-state index contributed by atoms with van der Waals surface area (Å²) < 4.78 is 16.3. The van der Waals surface area contributed by atoms with Gasteiger partial charge in [-0.05, 0) is 36.5 Å². The zero-order valence-electron chi connectivity index (χ0n) is 15.1. The van der Waals surface area contributed by atoms with Gasteiger partial charge in [-0.2, -0.15) is 0 Å². The second-order valence-electron chi connectivity index (χ2n) is 8.75. The van der Waals surface area contributed by atoms with Gasteiger partial charge in [-0.3, -0.25) is 4.79 Å². The molecule has 2 N–H and O–H groups in total. The van der Waals surface area contributed by atoms with Crippen molar-refractivity contribution in [2.75, 3.05) is 0 Å². The molecule has 0 unspecified atom stereocenters. The standard InChI is InChI=1S/C20H22O7/c1-18-8-13(10-4-6-25-9-10)26-16(22)11(18)7-14(21)19(2)15(18)12-3-5-20(19,24)17(23)27-12/h3-6,9,11-15,21,24H,7-8H2,1-2H3/t11-,12-,13-,14+,15+,18-,19-,20+/m1/s1. The Bertz CT molecular complexity index is 845. The van der Waals surface area contributed by atoms with Gasteiger partial charge in [0.25, 0.3) is 0 Å². The number of rotatable bonds is 1. The van der Waals surface area contributed by atoms with E-state index in [0.29, 0.717) is 6.42 Å². The van der Waals surface area contributed by atoms with Crippen molar-refractivity contribution >= 4 is 11.9 Å². The van der Waals surface area contributed by atoms with Crippen LogP contribution in [0.25, 0.3) is 0 Å². The summed E-state index contributed by atoms with van der Waals surface area (Å²) in [7, 11) is 0. The largest absolute Gasteiger partial charge is 0.472 e. The Morgan fingerprint density at radius 2 is 2.00 bits per heavy atom. The van der Waals surface area contributed by atoms with E-state index in [9.17, 15) is 19.8 Å². The number of carbonyl (C=O) groups is 2. The lowest BCUT2D eigenvalue weighted by Gasteiger charge is -2.67. The molecule has 0 radical (unpaired) electrons. The van der Waals surface area contributed by atoms with E-state index in [1.54, 1.807) is 25.3 Å². The second-order valence-corrected chi connectivity index (χ2v) is 8.75. The molecule has 0 amide bonds. The molecule has 4 heterocycles. The number of esters is 2. The van der Waals surface area contributed by atoms with Gasteiger partial charge in [0.05, 0.1) is 24.5 Å². The summed E-state index contributed by atoms with van der Waals surface area (Å²) in [5.41, 5.74) is -2.92. The van der Waals surface area contributed by atoms with E-state index in [1.165, 1.54) is 12.3 Å². The van der Waals surface area contributed by atoms with Crippen molar-refractivity contribution in [2.24, 2.45) is 22.7 Å². The van der Waals surface area contributed by atoms with Gasteiger partial charge in [0.15, 0.2) is 5.60 Å². The van der Waals surface area contributed by atoms with E-state index in [2.05, 4.69) is 0 Å². The molecule has 27 heavy (non-hydrogen) atoms. The monoisotopic (exact) mass is 374 g/mol. The van der Waals surface area contributed by atoms with E-state index in [-0.39, 0.29) is 12.4 Å². The first-order valence-electron chi connectivity index (χ1n) is 9.25. The molecule has 1 aromatic heterocycles. The highest BCUT2D eigenvalue weighted by atomic mass is 16.6. The van der Waals surface area contributed by atoms with Crippen molar-refractivity contribution < 1.29 is 33.7 Å². The molecule has 0 spiro atoms. The number of ether oxygens (including phenoxy) is 2. The SMILES string of the molecule is C[C@@]12C[C@H](c3ccoc3)OC(=O)[C@H]1C[C@H](O)[C@]1(C)[C@H]2[C@H]2C=C[C@]1(O)C(=O)O2. The van der Waals surface area contributed by atoms with Gasteiger partial charge in [-0.1, -0.05) is 13.8 Å². The van der Waals surface area contributed by atoms with Gasteiger partial charge >= 0.3 is 11.9 Å². The lowest BCUT2D eigenvalue weighted by Crippen LogP contribution is -2.76. The maximum atomic E-state index is 12.9. The van der Waals surface area contributed by atoms with Crippen LogP contribution < -0.4 is 0 Å². The molecule has 7 heteroatoms. The Morgan fingerprint density at radius 3 is 2.67 bits per heavy atom. The quantitative estimate of drug-likeness (QED) is 0.567. The Labute approximate surface area is 155 Å². The van der Waals surface area contributed by atoms with Crippen LogP contribution in [-0.4, -0.2) is 40.0 Å². The van der Waals surface area contributed by atoms with Crippen molar-refractivity contribution in [2.45, 2.75) is 50.6 Å².